The lowest BCUT2D eigenvalue weighted by Gasteiger charge is -2.24. The highest BCUT2D eigenvalue weighted by Crippen LogP contribution is 2.29. The quantitative estimate of drug-likeness (QED) is 0.893. The highest BCUT2D eigenvalue weighted by atomic mass is 32.2. The van der Waals surface area contributed by atoms with E-state index in [0.29, 0.717) is 5.69 Å². The summed E-state index contributed by atoms with van der Waals surface area (Å²) >= 11 is 0. The largest absolute Gasteiger partial charge is 0.326 e. The molecule has 2 aliphatic rings. The molecule has 0 unspecified atom stereocenters. The fraction of sp³-hybridized carbons (Fsp3) is 0.611. The molecule has 3 rings (SSSR count). The molecule has 1 aromatic carbocycles. The topological polar surface area (TPSA) is 63.2 Å². The van der Waals surface area contributed by atoms with E-state index in [1.165, 1.54) is 0 Å². The van der Waals surface area contributed by atoms with Crippen molar-refractivity contribution in [3.8, 4) is 0 Å². The molecule has 0 spiro atoms. The Morgan fingerprint density at radius 1 is 1.04 bits per heavy atom. The van der Waals surface area contributed by atoms with Gasteiger partial charge in [-0.25, -0.2) is 8.42 Å². The zero-order valence-corrected chi connectivity index (χ0v) is 14.3. The van der Waals surface area contributed by atoms with Crippen LogP contribution in [0.25, 0.3) is 0 Å². The number of amides is 1. The van der Waals surface area contributed by atoms with E-state index in [1.54, 1.807) is 6.07 Å². The third-order valence-corrected chi connectivity index (χ3v) is 7.32. The first kappa shape index (κ1) is 16.5. The van der Waals surface area contributed by atoms with Crippen LogP contribution in [0.5, 0.6) is 0 Å². The molecule has 0 saturated heterocycles. The lowest BCUT2D eigenvalue weighted by molar-refractivity contribution is -0.122. The van der Waals surface area contributed by atoms with E-state index in [4.69, 9.17) is 0 Å². The van der Waals surface area contributed by atoms with Crippen molar-refractivity contribution in [3.63, 3.8) is 0 Å². The maximum absolute atomic E-state index is 12.6. The van der Waals surface area contributed by atoms with Crippen LogP contribution >= 0.6 is 0 Å². The van der Waals surface area contributed by atoms with Gasteiger partial charge in [-0.05, 0) is 43.4 Å². The zero-order chi connectivity index (χ0) is 16.3. The van der Waals surface area contributed by atoms with E-state index in [9.17, 15) is 13.2 Å². The van der Waals surface area contributed by atoms with Gasteiger partial charge in [-0.15, -0.1) is 0 Å². The summed E-state index contributed by atoms with van der Waals surface area (Å²) in [4.78, 5) is 12.0. The highest BCUT2D eigenvalue weighted by Gasteiger charge is 2.28. The van der Waals surface area contributed by atoms with Crippen LogP contribution in [-0.4, -0.2) is 19.6 Å². The van der Waals surface area contributed by atoms with Crippen molar-refractivity contribution in [1.29, 1.82) is 0 Å². The molecular weight excluding hydrogens is 310 g/mol. The molecule has 23 heavy (non-hydrogen) atoms. The van der Waals surface area contributed by atoms with Gasteiger partial charge in [-0.3, -0.25) is 4.79 Å². The minimum Gasteiger partial charge on any atom is -0.326 e. The Bertz CT molecular complexity index is 659. The van der Waals surface area contributed by atoms with Gasteiger partial charge in [0.25, 0.3) is 0 Å². The van der Waals surface area contributed by atoms with Crippen molar-refractivity contribution < 1.29 is 13.2 Å². The van der Waals surface area contributed by atoms with Crippen LogP contribution in [0.3, 0.4) is 0 Å². The summed E-state index contributed by atoms with van der Waals surface area (Å²) in [5.41, 5.74) is 1.47. The van der Waals surface area contributed by atoms with Gasteiger partial charge in [0.1, 0.15) is 0 Å². The van der Waals surface area contributed by atoms with E-state index in [-0.39, 0.29) is 22.8 Å². The van der Waals surface area contributed by atoms with Gasteiger partial charge >= 0.3 is 0 Å². The lowest BCUT2D eigenvalue weighted by Crippen LogP contribution is -2.28. The lowest BCUT2D eigenvalue weighted by atomic mass is 9.85. The summed E-state index contributed by atoms with van der Waals surface area (Å²) < 4.78 is 25.1. The first-order valence-corrected chi connectivity index (χ1v) is 10.4. The Labute approximate surface area is 138 Å². The maximum atomic E-state index is 12.6. The molecule has 0 atom stereocenters. The van der Waals surface area contributed by atoms with Crippen molar-refractivity contribution in [2.75, 3.05) is 5.32 Å². The monoisotopic (exact) mass is 335 g/mol. The summed E-state index contributed by atoms with van der Waals surface area (Å²) in [5, 5.41) is 2.73. The number of sulfone groups is 1. The average molecular weight is 335 g/mol. The number of nitrogens with one attached hydrogen (secondary N) is 1. The molecule has 0 radical (unpaired) electrons. The maximum Gasteiger partial charge on any atom is 0.227 e. The number of carbonyl (C=O) groups is 1. The average Bonchev–Trinajstić information content (AvgIpc) is 2.46. The number of anilines is 1. The minimum atomic E-state index is -3.10. The Hall–Kier alpha value is -1.36. The molecule has 0 heterocycles. The normalized spacial score (nSPS) is 20.0. The molecule has 2 saturated carbocycles. The van der Waals surface area contributed by atoms with Gasteiger partial charge in [0.15, 0.2) is 9.84 Å². The second kappa shape index (κ2) is 7.04. The molecule has 0 aliphatic heterocycles. The summed E-state index contributed by atoms with van der Waals surface area (Å²) in [6, 6.07) is 7.28. The SMILES string of the molecule is O=C(Nc1cccc(CS(=O)(=O)C2CCCCC2)c1)C1CCC1. The van der Waals surface area contributed by atoms with E-state index in [1.807, 2.05) is 18.2 Å². The zero-order valence-electron chi connectivity index (χ0n) is 13.5. The second-order valence-electron chi connectivity index (χ2n) is 6.88. The molecule has 1 N–H and O–H groups in total. The van der Waals surface area contributed by atoms with Crippen LogP contribution in [0, 0.1) is 5.92 Å². The van der Waals surface area contributed by atoms with E-state index >= 15 is 0 Å². The van der Waals surface area contributed by atoms with Crippen molar-refractivity contribution >= 4 is 21.4 Å². The third kappa shape index (κ3) is 4.14. The molecule has 0 aromatic heterocycles. The molecule has 2 fully saturated rings. The summed E-state index contributed by atoms with van der Waals surface area (Å²) in [6.07, 6.45) is 7.80. The first-order chi connectivity index (χ1) is 11.0. The van der Waals surface area contributed by atoms with E-state index in [2.05, 4.69) is 5.32 Å². The van der Waals surface area contributed by atoms with Crippen LogP contribution in [0.15, 0.2) is 24.3 Å². The number of hydrogen-bond donors (Lipinski definition) is 1. The Balaban J connectivity index is 1.65. The number of rotatable bonds is 5. The van der Waals surface area contributed by atoms with Gasteiger partial charge < -0.3 is 5.32 Å². The van der Waals surface area contributed by atoms with Crippen molar-refractivity contribution in [2.45, 2.75) is 62.4 Å². The molecule has 5 heteroatoms. The van der Waals surface area contributed by atoms with Crippen molar-refractivity contribution in [2.24, 2.45) is 5.92 Å². The van der Waals surface area contributed by atoms with Crippen LogP contribution in [-0.2, 0) is 20.4 Å². The van der Waals surface area contributed by atoms with Gasteiger partial charge in [0.05, 0.1) is 11.0 Å². The summed E-state index contributed by atoms with van der Waals surface area (Å²) in [7, 11) is -3.10. The summed E-state index contributed by atoms with van der Waals surface area (Å²) in [5.74, 6) is 0.262. The van der Waals surface area contributed by atoms with Gasteiger partial charge in [0, 0.05) is 11.6 Å². The summed E-state index contributed by atoms with van der Waals surface area (Å²) in [6.45, 7) is 0. The molecule has 4 nitrogen and oxygen atoms in total. The molecule has 0 bridgehead atoms. The molecule has 2 aliphatic carbocycles. The van der Waals surface area contributed by atoms with E-state index < -0.39 is 9.84 Å². The Kier molecular flexibility index (Phi) is 5.05. The van der Waals surface area contributed by atoms with Crippen LogP contribution in [0.2, 0.25) is 0 Å². The molecular formula is C18H25NO3S. The smallest absolute Gasteiger partial charge is 0.227 e. The van der Waals surface area contributed by atoms with Crippen LogP contribution < -0.4 is 5.32 Å². The standard InChI is InChI=1S/C18H25NO3S/c20-18(15-7-5-8-15)19-16-9-4-6-14(12-16)13-23(21,22)17-10-2-1-3-11-17/h4,6,9,12,15,17H,1-3,5,7-8,10-11,13H2,(H,19,20). The van der Waals surface area contributed by atoms with Crippen molar-refractivity contribution in [1.82, 2.24) is 0 Å². The van der Waals surface area contributed by atoms with Gasteiger partial charge in [0.2, 0.25) is 5.91 Å². The van der Waals surface area contributed by atoms with Crippen LogP contribution in [0.1, 0.15) is 56.9 Å². The first-order valence-electron chi connectivity index (χ1n) is 8.66. The fourth-order valence-electron chi connectivity index (χ4n) is 3.43. The van der Waals surface area contributed by atoms with Crippen LogP contribution in [0.4, 0.5) is 5.69 Å². The third-order valence-electron chi connectivity index (χ3n) is 5.10. The Morgan fingerprint density at radius 3 is 2.43 bits per heavy atom. The highest BCUT2D eigenvalue weighted by molar-refractivity contribution is 7.91. The Morgan fingerprint density at radius 2 is 1.78 bits per heavy atom. The number of carbonyl (C=O) groups excluding carboxylic acids is 1. The van der Waals surface area contributed by atoms with Gasteiger partial charge in [-0.1, -0.05) is 37.8 Å². The minimum absolute atomic E-state index is 0.0588. The molecule has 1 aromatic rings. The fourth-order valence-corrected chi connectivity index (χ4v) is 5.36. The second-order valence-corrected chi connectivity index (χ2v) is 9.17. The van der Waals surface area contributed by atoms with Crippen molar-refractivity contribution in [3.05, 3.63) is 29.8 Å². The number of hydrogen-bond acceptors (Lipinski definition) is 3. The predicted octanol–water partition coefficient (Wildman–Crippen LogP) is 3.67. The number of benzene rings is 1. The predicted molar refractivity (Wildman–Crippen MR) is 91.9 cm³/mol. The van der Waals surface area contributed by atoms with E-state index in [0.717, 1.165) is 56.9 Å². The molecule has 126 valence electrons. The molecule has 1 amide bonds. The van der Waals surface area contributed by atoms with Gasteiger partial charge in [-0.2, -0.15) is 0 Å².